The maximum atomic E-state index is 12.3. The predicted octanol–water partition coefficient (Wildman–Crippen LogP) is 2.82. The summed E-state index contributed by atoms with van der Waals surface area (Å²) in [6.07, 6.45) is 7.49. The highest BCUT2D eigenvalue weighted by molar-refractivity contribution is 5.94. The largest absolute Gasteiger partial charge is 0.349 e. The molecular formula is C19H16N4O. The van der Waals surface area contributed by atoms with E-state index in [0.717, 1.165) is 12.0 Å². The summed E-state index contributed by atoms with van der Waals surface area (Å²) in [5.41, 5.74) is 2.57. The van der Waals surface area contributed by atoms with Gasteiger partial charge in [0.2, 0.25) is 0 Å². The molecule has 2 unspecified atom stereocenters. The Morgan fingerprint density at radius 1 is 1.00 bits per heavy atom. The van der Waals surface area contributed by atoms with E-state index in [1.165, 1.54) is 5.56 Å². The summed E-state index contributed by atoms with van der Waals surface area (Å²) >= 11 is 0. The van der Waals surface area contributed by atoms with Crippen LogP contribution in [0.4, 0.5) is 0 Å². The van der Waals surface area contributed by atoms with Crippen molar-refractivity contribution in [1.29, 1.82) is 0 Å². The van der Waals surface area contributed by atoms with Crippen LogP contribution in [0.5, 0.6) is 0 Å². The van der Waals surface area contributed by atoms with Crippen LogP contribution in [0.25, 0.3) is 11.4 Å². The highest BCUT2D eigenvalue weighted by Gasteiger charge is 2.39. The molecule has 2 aromatic heterocycles. The van der Waals surface area contributed by atoms with Crippen LogP contribution in [0.3, 0.4) is 0 Å². The van der Waals surface area contributed by atoms with Gasteiger partial charge in [0.15, 0.2) is 5.82 Å². The van der Waals surface area contributed by atoms with Crippen molar-refractivity contribution in [2.24, 2.45) is 0 Å². The van der Waals surface area contributed by atoms with E-state index in [4.69, 9.17) is 0 Å². The molecule has 2 heterocycles. The van der Waals surface area contributed by atoms with E-state index in [0.29, 0.717) is 17.3 Å². The number of hydrogen-bond acceptors (Lipinski definition) is 4. The van der Waals surface area contributed by atoms with Crippen molar-refractivity contribution >= 4 is 5.91 Å². The van der Waals surface area contributed by atoms with Crippen LogP contribution < -0.4 is 5.32 Å². The van der Waals surface area contributed by atoms with Gasteiger partial charge in [-0.1, -0.05) is 30.3 Å². The van der Waals surface area contributed by atoms with Gasteiger partial charge in [-0.2, -0.15) is 0 Å². The zero-order chi connectivity index (χ0) is 16.4. The fourth-order valence-electron chi connectivity index (χ4n) is 2.76. The number of hydrogen-bond donors (Lipinski definition) is 1. The van der Waals surface area contributed by atoms with Crippen molar-refractivity contribution in [3.8, 4) is 11.4 Å². The molecule has 0 bridgehead atoms. The summed E-state index contributed by atoms with van der Waals surface area (Å²) in [7, 11) is 0. The lowest BCUT2D eigenvalue weighted by molar-refractivity contribution is 0.0949. The van der Waals surface area contributed by atoms with Gasteiger partial charge < -0.3 is 5.32 Å². The van der Waals surface area contributed by atoms with Crippen LogP contribution in [0.1, 0.15) is 28.3 Å². The zero-order valence-corrected chi connectivity index (χ0v) is 13.0. The first-order valence-corrected chi connectivity index (χ1v) is 7.89. The van der Waals surface area contributed by atoms with Gasteiger partial charge in [-0.3, -0.25) is 9.78 Å². The van der Waals surface area contributed by atoms with Crippen LogP contribution in [0.15, 0.2) is 67.3 Å². The Kier molecular flexibility index (Phi) is 3.75. The molecule has 1 aliphatic carbocycles. The lowest BCUT2D eigenvalue weighted by Gasteiger charge is -2.05. The van der Waals surface area contributed by atoms with Gasteiger partial charge in [-0.25, -0.2) is 9.97 Å². The highest BCUT2D eigenvalue weighted by Crippen LogP contribution is 2.40. The van der Waals surface area contributed by atoms with Gasteiger partial charge >= 0.3 is 0 Å². The van der Waals surface area contributed by atoms with E-state index in [-0.39, 0.29) is 11.9 Å². The molecule has 5 nitrogen and oxygen atoms in total. The average Bonchev–Trinajstić information content (AvgIpc) is 3.42. The fraction of sp³-hybridized carbons (Fsp3) is 0.158. The molecule has 118 valence electrons. The molecule has 0 aliphatic heterocycles. The number of benzene rings is 1. The van der Waals surface area contributed by atoms with E-state index in [9.17, 15) is 4.79 Å². The van der Waals surface area contributed by atoms with Gasteiger partial charge in [-0.15, -0.1) is 0 Å². The van der Waals surface area contributed by atoms with E-state index < -0.39 is 0 Å². The standard InChI is InChI=1S/C19H16N4O/c24-19(23-17-9-16(17)13-5-2-1-3-6-13)15-11-21-18(22-12-15)14-7-4-8-20-10-14/h1-8,10-12,16-17H,9H2,(H,23,24). The predicted molar refractivity (Wildman–Crippen MR) is 90.3 cm³/mol. The van der Waals surface area contributed by atoms with E-state index in [1.807, 2.05) is 30.3 Å². The number of rotatable bonds is 4. The van der Waals surface area contributed by atoms with E-state index in [2.05, 4.69) is 32.4 Å². The molecule has 0 radical (unpaired) electrons. The molecule has 4 rings (SSSR count). The third-order valence-corrected chi connectivity index (χ3v) is 4.17. The van der Waals surface area contributed by atoms with Crippen molar-refractivity contribution < 1.29 is 4.79 Å². The second-order valence-corrected chi connectivity index (χ2v) is 5.87. The van der Waals surface area contributed by atoms with Crippen molar-refractivity contribution in [2.75, 3.05) is 0 Å². The molecule has 1 amide bonds. The van der Waals surface area contributed by atoms with Gasteiger partial charge in [0, 0.05) is 42.3 Å². The Hall–Kier alpha value is -3.08. The summed E-state index contributed by atoms with van der Waals surface area (Å²) in [4.78, 5) is 24.9. The Labute approximate surface area is 139 Å². The molecule has 1 aliphatic rings. The Morgan fingerprint density at radius 2 is 1.79 bits per heavy atom. The summed E-state index contributed by atoms with van der Waals surface area (Å²) in [6, 6.07) is 14.2. The fourth-order valence-corrected chi connectivity index (χ4v) is 2.76. The second-order valence-electron chi connectivity index (χ2n) is 5.87. The first-order chi connectivity index (χ1) is 11.8. The number of nitrogens with one attached hydrogen (secondary N) is 1. The maximum Gasteiger partial charge on any atom is 0.254 e. The summed E-state index contributed by atoms with van der Waals surface area (Å²) < 4.78 is 0. The molecule has 24 heavy (non-hydrogen) atoms. The third kappa shape index (κ3) is 3.01. The normalized spacial score (nSPS) is 18.8. The Bertz CT molecular complexity index is 834. The quantitative estimate of drug-likeness (QED) is 0.803. The molecule has 1 N–H and O–H groups in total. The SMILES string of the molecule is O=C(NC1CC1c1ccccc1)c1cnc(-c2cccnc2)nc1. The molecule has 1 saturated carbocycles. The second kappa shape index (κ2) is 6.20. The van der Waals surface area contributed by atoms with Crippen LogP contribution >= 0.6 is 0 Å². The lowest BCUT2D eigenvalue weighted by Crippen LogP contribution is -2.26. The minimum Gasteiger partial charge on any atom is -0.349 e. The lowest BCUT2D eigenvalue weighted by atomic mass is 10.1. The summed E-state index contributed by atoms with van der Waals surface area (Å²) in [5.74, 6) is 0.843. The van der Waals surface area contributed by atoms with Crippen LogP contribution in [0, 0.1) is 0 Å². The van der Waals surface area contributed by atoms with Gasteiger partial charge in [0.05, 0.1) is 5.56 Å². The van der Waals surface area contributed by atoms with Gasteiger partial charge in [0.25, 0.3) is 5.91 Å². The summed E-state index contributed by atoms with van der Waals surface area (Å²) in [6.45, 7) is 0. The number of amides is 1. The van der Waals surface area contributed by atoms with Crippen LogP contribution in [0.2, 0.25) is 0 Å². The van der Waals surface area contributed by atoms with Crippen molar-refractivity contribution in [3.63, 3.8) is 0 Å². The van der Waals surface area contributed by atoms with Gasteiger partial charge in [0.1, 0.15) is 0 Å². The molecule has 0 saturated heterocycles. The average molecular weight is 316 g/mol. The molecule has 1 fully saturated rings. The monoisotopic (exact) mass is 316 g/mol. The summed E-state index contributed by atoms with van der Waals surface area (Å²) in [5, 5.41) is 3.05. The minimum absolute atomic E-state index is 0.129. The third-order valence-electron chi connectivity index (χ3n) is 4.17. The topological polar surface area (TPSA) is 67.8 Å². The van der Waals surface area contributed by atoms with Gasteiger partial charge in [-0.05, 0) is 24.1 Å². The number of carbonyl (C=O) groups excluding carboxylic acids is 1. The van der Waals surface area contributed by atoms with E-state index >= 15 is 0 Å². The number of nitrogens with zero attached hydrogens (tertiary/aromatic N) is 3. The highest BCUT2D eigenvalue weighted by atomic mass is 16.1. The molecule has 0 spiro atoms. The van der Waals surface area contributed by atoms with E-state index in [1.54, 1.807) is 24.8 Å². The van der Waals surface area contributed by atoms with Crippen LogP contribution in [-0.2, 0) is 0 Å². The number of aromatic nitrogens is 3. The first-order valence-electron chi connectivity index (χ1n) is 7.89. The number of pyridine rings is 1. The molecule has 1 aromatic carbocycles. The first kappa shape index (κ1) is 14.5. The molecule has 2 atom stereocenters. The van der Waals surface area contributed by atoms with Crippen molar-refractivity contribution in [2.45, 2.75) is 18.4 Å². The molecular weight excluding hydrogens is 300 g/mol. The maximum absolute atomic E-state index is 12.3. The minimum atomic E-state index is -0.129. The Morgan fingerprint density at radius 3 is 2.50 bits per heavy atom. The van der Waals surface area contributed by atoms with Crippen molar-refractivity contribution in [1.82, 2.24) is 20.3 Å². The van der Waals surface area contributed by atoms with Crippen LogP contribution in [-0.4, -0.2) is 26.9 Å². The zero-order valence-electron chi connectivity index (χ0n) is 13.0. The Balaban J connectivity index is 1.41. The van der Waals surface area contributed by atoms with Crippen molar-refractivity contribution in [3.05, 3.63) is 78.4 Å². The number of carbonyl (C=O) groups is 1. The molecule has 3 aromatic rings. The molecule has 5 heteroatoms. The smallest absolute Gasteiger partial charge is 0.254 e.